The Balaban J connectivity index is 0.746. The Kier molecular flexibility index (Phi) is 14.4. The second-order valence-corrected chi connectivity index (χ2v) is 18.5. The largest absolute Gasteiger partial charge is 0.362 e. The smallest absolute Gasteiger partial charge is 0.328 e. The molecule has 8 rings (SSSR count). The van der Waals surface area contributed by atoms with Crippen LogP contribution in [0, 0.1) is 37.0 Å². The van der Waals surface area contributed by atoms with E-state index >= 15 is 0 Å². The molecule has 0 unspecified atom stereocenters. The Bertz CT molecular complexity index is 2450. The van der Waals surface area contributed by atoms with Crippen molar-refractivity contribution in [3.8, 4) is 6.07 Å². The minimum atomic E-state index is -0.527. The number of benzene rings is 2. The predicted molar refractivity (Wildman–Crippen MR) is 252 cm³/mol. The lowest BCUT2D eigenvalue weighted by Crippen LogP contribution is -2.51. The average molecular weight is 903 g/mol. The quantitative estimate of drug-likeness (QED) is 0.132. The molecule has 2 aromatic heterocycles. The number of hydrogen-bond donors (Lipinski definition) is 2. The number of nitriles is 1. The highest BCUT2D eigenvalue weighted by Gasteiger charge is 2.32. The van der Waals surface area contributed by atoms with Gasteiger partial charge in [-0.15, -0.1) is 5.10 Å². The third-order valence-corrected chi connectivity index (χ3v) is 14.4. The SMILES string of the molecule is Cc1c(CC#N)cccc1[C@@H](C)Nc1nnc(C)c2cnc(N3CCN(C(=O)C4CCN(CCCCC5CCN(C(=O)c6ccc(Cl)c(N7CCC(=O)NC7=O)c6)CC5)CC4)CC3)cc12. The molecule has 5 amide bonds. The standard InChI is InChI=1S/C49H60ClN11O4/c1-32-36(12-18-51)8-6-9-39(32)33(2)53-46-40-30-44(52-31-41(40)34(3)55-56-46)58-25-27-60(28-26-58)47(63)37-15-20-57(21-16-37)19-5-4-7-35-13-22-59(23-14-35)48(64)38-10-11-42(50)43(29-38)61-24-17-45(62)54-49(61)65/h6,8-11,29-31,33,35,37H,4-5,7,12-17,19-28H2,1-3H3,(H,53,56)(H,54,62,65)/t33-/m1/s1. The van der Waals surface area contributed by atoms with Gasteiger partial charge in [0.1, 0.15) is 5.82 Å². The zero-order valence-electron chi connectivity index (χ0n) is 37.8. The Hall–Kier alpha value is -5.85. The van der Waals surface area contributed by atoms with E-state index in [4.69, 9.17) is 16.6 Å². The zero-order chi connectivity index (χ0) is 45.6. The second kappa shape index (κ2) is 20.5. The molecule has 2 N–H and O–H groups in total. The minimum absolute atomic E-state index is 0.0536. The van der Waals surface area contributed by atoms with E-state index in [1.807, 2.05) is 30.2 Å². The summed E-state index contributed by atoms with van der Waals surface area (Å²) < 4.78 is 0. The number of hydrogen-bond acceptors (Lipinski definition) is 11. The first-order valence-corrected chi connectivity index (χ1v) is 23.7. The number of nitrogens with one attached hydrogen (secondary N) is 2. The molecule has 16 heteroatoms. The molecule has 4 aliphatic heterocycles. The van der Waals surface area contributed by atoms with Crippen molar-refractivity contribution in [3.05, 3.63) is 81.6 Å². The monoisotopic (exact) mass is 901 g/mol. The number of aryl methyl sites for hydroxylation is 1. The molecule has 0 radical (unpaired) electrons. The second-order valence-electron chi connectivity index (χ2n) is 18.1. The first-order chi connectivity index (χ1) is 31.5. The highest BCUT2D eigenvalue weighted by atomic mass is 35.5. The molecule has 4 aromatic rings. The maximum absolute atomic E-state index is 13.7. The number of pyridine rings is 1. The molecule has 15 nitrogen and oxygen atoms in total. The number of carbonyl (C=O) groups is 4. The van der Waals surface area contributed by atoms with Crippen LogP contribution in [-0.2, 0) is 16.0 Å². The number of imide groups is 1. The van der Waals surface area contributed by atoms with Gasteiger partial charge >= 0.3 is 6.03 Å². The van der Waals surface area contributed by atoms with Gasteiger partial charge in [0.15, 0.2) is 5.82 Å². The van der Waals surface area contributed by atoms with Crippen LogP contribution in [0.4, 0.5) is 22.1 Å². The number of piperazine rings is 1. The summed E-state index contributed by atoms with van der Waals surface area (Å²) in [6, 6.07) is 14.9. The van der Waals surface area contributed by atoms with Gasteiger partial charge in [-0.2, -0.15) is 10.4 Å². The van der Waals surface area contributed by atoms with E-state index in [0.717, 1.165) is 104 Å². The molecule has 0 spiro atoms. The molecule has 6 heterocycles. The number of unbranched alkanes of at least 4 members (excludes halogenated alkanes) is 1. The van der Waals surface area contributed by atoms with Gasteiger partial charge < -0.3 is 24.9 Å². The van der Waals surface area contributed by atoms with Crippen molar-refractivity contribution in [1.82, 2.24) is 35.2 Å². The van der Waals surface area contributed by atoms with E-state index in [1.165, 1.54) is 4.90 Å². The average Bonchev–Trinajstić information content (AvgIpc) is 3.32. The lowest BCUT2D eigenvalue weighted by Gasteiger charge is -2.39. The van der Waals surface area contributed by atoms with Crippen LogP contribution >= 0.6 is 11.6 Å². The van der Waals surface area contributed by atoms with Gasteiger partial charge in [0.05, 0.1) is 34.9 Å². The molecular weight excluding hydrogens is 842 g/mol. The van der Waals surface area contributed by atoms with E-state index in [9.17, 15) is 24.4 Å². The minimum Gasteiger partial charge on any atom is -0.362 e. The summed E-state index contributed by atoms with van der Waals surface area (Å²) in [7, 11) is 0. The maximum Gasteiger partial charge on any atom is 0.328 e. The van der Waals surface area contributed by atoms with Gasteiger partial charge in [-0.1, -0.05) is 42.6 Å². The van der Waals surface area contributed by atoms with Crippen LogP contribution in [0.1, 0.15) is 97.1 Å². The van der Waals surface area contributed by atoms with Gasteiger partial charge in [0.25, 0.3) is 5.91 Å². The van der Waals surface area contributed by atoms with Crippen molar-refractivity contribution in [1.29, 1.82) is 5.26 Å². The molecule has 4 aliphatic rings. The van der Waals surface area contributed by atoms with Crippen molar-refractivity contribution in [3.63, 3.8) is 0 Å². The summed E-state index contributed by atoms with van der Waals surface area (Å²) in [6.07, 6.45) is 9.60. The Morgan fingerprint density at radius 1 is 0.908 bits per heavy atom. The van der Waals surface area contributed by atoms with Crippen LogP contribution < -0.4 is 20.4 Å². The van der Waals surface area contributed by atoms with Crippen molar-refractivity contribution in [2.24, 2.45) is 11.8 Å². The predicted octanol–water partition coefficient (Wildman–Crippen LogP) is 7.06. The Morgan fingerprint density at radius 2 is 1.68 bits per heavy atom. The molecule has 4 fully saturated rings. The lowest BCUT2D eigenvalue weighted by molar-refractivity contribution is -0.137. The summed E-state index contributed by atoms with van der Waals surface area (Å²) in [4.78, 5) is 66.2. The molecule has 1 atom stereocenters. The van der Waals surface area contributed by atoms with Crippen LogP contribution in [0.25, 0.3) is 10.8 Å². The number of aromatic nitrogens is 3. The molecule has 0 bridgehead atoms. The van der Waals surface area contributed by atoms with Crippen LogP contribution in [-0.4, -0.2) is 119 Å². The fraction of sp³-hybridized carbons (Fsp3) is 0.510. The van der Waals surface area contributed by atoms with Crippen LogP contribution in [0.5, 0.6) is 0 Å². The number of urea groups is 1. The van der Waals surface area contributed by atoms with Crippen LogP contribution in [0.2, 0.25) is 5.02 Å². The number of carbonyl (C=O) groups excluding carboxylic acids is 4. The number of rotatable bonds is 13. The molecule has 0 aliphatic carbocycles. The number of halogens is 1. The molecule has 65 heavy (non-hydrogen) atoms. The summed E-state index contributed by atoms with van der Waals surface area (Å²) in [5, 5.41) is 26.5. The number of fused-ring (bicyclic) bond motifs is 1. The van der Waals surface area contributed by atoms with E-state index in [0.29, 0.717) is 73.7 Å². The fourth-order valence-corrected chi connectivity index (χ4v) is 10.2. The van der Waals surface area contributed by atoms with Crippen LogP contribution in [0.3, 0.4) is 0 Å². The van der Waals surface area contributed by atoms with E-state index in [1.54, 1.807) is 18.2 Å². The number of nitrogens with zero attached hydrogens (tertiary/aromatic N) is 9. The first kappa shape index (κ1) is 45.7. The van der Waals surface area contributed by atoms with E-state index in [2.05, 4.69) is 67.6 Å². The Labute approximate surface area is 386 Å². The number of amides is 5. The van der Waals surface area contributed by atoms with Crippen molar-refractivity contribution < 1.29 is 19.2 Å². The Morgan fingerprint density at radius 3 is 2.42 bits per heavy atom. The summed E-state index contributed by atoms with van der Waals surface area (Å²) in [5.41, 5.74) is 4.99. The van der Waals surface area contributed by atoms with Gasteiger partial charge in [-0.3, -0.25) is 24.6 Å². The summed E-state index contributed by atoms with van der Waals surface area (Å²) in [5.74, 6) is 2.12. The number of anilines is 3. The number of piperidine rings is 2. The third kappa shape index (κ3) is 10.5. The molecule has 342 valence electrons. The van der Waals surface area contributed by atoms with Crippen molar-refractivity contribution >= 4 is 63.4 Å². The first-order valence-electron chi connectivity index (χ1n) is 23.3. The fourth-order valence-electron chi connectivity index (χ4n) is 10.0. The molecule has 0 saturated carbocycles. The third-order valence-electron chi connectivity index (χ3n) is 14.0. The number of likely N-dealkylation sites (tertiary alicyclic amines) is 2. The van der Waals surface area contributed by atoms with Crippen LogP contribution in [0.15, 0.2) is 48.7 Å². The normalized spacial score (nSPS) is 18.4. The zero-order valence-corrected chi connectivity index (χ0v) is 38.6. The van der Waals surface area contributed by atoms with Gasteiger partial charge in [0.2, 0.25) is 11.8 Å². The van der Waals surface area contributed by atoms with Gasteiger partial charge in [0, 0.05) is 80.7 Å². The summed E-state index contributed by atoms with van der Waals surface area (Å²) in [6.45, 7) is 13.5. The van der Waals surface area contributed by atoms with Gasteiger partial charge in [-0.25, -0.2) is 9.78 Å². The van der Waals surface area contributed by atoms with E-state index in [-0.39, 0.29) is 42.6 Å². The highest BCUT2D eigenvalue weighted by Crippen LogP contribution is 2.33. The molecular formula is C49H60ClN11O4. The maximum atomic E-state index is 13.7. The van der Waals surface area contributed by atoms with Crippen molar-refractivity contribution in [2.75, 3.05) is 80.6 Å². The lowest BCUT2D eigenvalue weighted by atomic mass is 9.91. The molecule has 4 saturated heterocycles. The highest BCUT2D eigenvalue weighted by molar-refractivity contribution is 6.34. The topological polar surface area (TPSA) is 171 Å². The summed E-state index contributed by atoms with van der Waals surface area (Å²) >= 11 is 6.41. The molecule has 2 aromatic carbocycles. The van der Waals surface area contributed by atoms with Gasteiger partial charge in [-0.05, 0) is 119 Å². The van der Waals surface area contributed by atoms with E-state index < -0.39 is 6.03 Å². The van der Waals surface area contributed by atoms with Crippen molar-refractivity contribution in [2.45, 2.75) is 84.6 Å².